The molecule has 17 heavy (non-hydrogen) atoms. The van der Waals surface area contributed by atoms with Crippen LogP contribution in [0.4, 0.5) is 0 Å². The Balaban J connectivity index is 1.59. The highest BCUT2D eigenvalue weighted by atomic mass is 16.2. The fourth-order valence-corrected chi connectivity index (χ4v) is 2.21. The fourth-order valence-electron chi connectivity index (χ4n) is 2.21. The molecule has 6 heteroatoms. The van der Waals surface area contributed by atoms with Crippen LogP contribution in [0.1, 0.15) is 25.1 Å². The largest absolute Gasteiger partial charge is 0.334 e. The van der Waals surface area contributed by atoms with Crippen LogP contribution in [-0.2, 0) is 18.4 Å². The minimum atomic E-state index is 0.0196. The van der Waals surface area contributed by atoms with Gasteiger partial charge in [-0.1, -0.05) is 0 Å². The van der Waals surface area contributed by atoms with Gasteiger partial charge in [-0.05, 0) is 19.3 Å². The van der Waals surface area contributed by atoms with Gasteiger partial charge in [-0.2, -0.15) is 5.10 Å². The maximum Gasteiger partial charge on any atom is 0.240 e. The maximum atomic E-state index is 12.1. The van der Waals surface area contributed by atoms with Gasteiger partial charge >= 0.3 is 0 Å². The zero-order chi connectivity index (χ0) is 11.8. The summed E-state index contributed by atoms with van der Waals surface area (Å²) in [5.41, 5.74) is 0. The highest BCUT2D eigenvalue weighted by Gasteiger charge is 2.35. The number of aryl methyl sites for hydroxylation is 1. The van der Waals surface area contributed by atoms with Gasteiger partial charge in [0.2, 0.25) is 5.91 Å². The molecule has 1 aromatic rings. The zero-order valence-corrected chi connectivity index (χ0v) is 9.96. The minimum absolute atomic E-state index is 0.0196. The number of aromatic nitrogens is 3. The predicted molar refractivity (Wildman–Crippen MR) is 61.0 cm³/mol. The van der Waals surface area contributed by atoms with Gasteiger partial charge < -0.3 is 10.2 Å². The van der Waals surface area contributed by atoms with E-state index in [1.807, 2.05) is 11.9 Å². The molecule has 2 fully saturated rings. The van der Waals surface area contributed by atoms with Crippen molar-refractivity contribution in [3.8, 4) is 0 Å². The van der Waals surface area contributed by atoms with Crippen molar-refractivity contribution in [2.75, 3.05) is 6.54 Å². The lowest BCUT2D eigenvalue weighted by Crippen LogP contribution is -2.39. The van der Waals surface area contributed by atoms with Crippen molar-refractivity contribution >= 4 is 5.91 Å². The lowest BCUT2D eigenvalue weighted by atomic mass is 10.2. The normalized spacial score (nSPS) is 24.6. The van der Waals surface area contributed by atoms with E-state index >= 15 is 0 Å². The third-order valence-electron chi connectivity index (χ3n) is 3.29. The molecule has 1 aliphatic heterocycles. The van der Waals surface area contributed by atoms with Gasteiger partial charge in [0.05, 0.1) is 12.6 Å². The van der Waals surface area contributed by atoms with Gasteiger partial charge in [0, 0.05) is 19.6 Å². The summed E-state index contributed by atoms with van der Waals surface area (Å²) in [6.45, 7) is 1.34. The number of nitrogens with one attached hydrogen (secondary N) is 1. The van der Waals surface area contributed by atoms with Gasteiger partial charge in [-0.3, -0.25) is 9.48 Å². The first-order valence-corrected chi connectivity index (χ1v) is 6.12. The molecule has 6 nitrogen and oxygen atoms in total. The molecule has 0 bridgehead atoms. The Morgan fingerprint density at radius 1 is 1.47 bits per heavy atom. The van der Waals surface area contributed by atoms with Gasteiger partial charge in [0.15, 0.2) is 5.82 Å². The number of hydrogen-bond donors (Lipinski definition) is 1. The Labute approximate surface area is 100 Å². The Morgan fingerprint density at radius 3 is 2.94 bits per heavy atom. The van der Waals surface area contributed by atoms with E-state index < -0.39 is 0 Å². The topological polar surface area (TPSA) is 63.1 Å². The summed E-state index contributed by atoms with van der Waals surface area (Å²) < 4.78 is 1.66. The molecule has 1 saturated carbocycles. The van der Waals surface area contributed by atoms with E-state index in [1.54, 1.807) is 11.0 Å². The highest BCUT2D eigenvalue weighted by Crippen LogP contribution is 2.22. The molecule has 92 valence electrons. The average Bonchev–Trinajstić information content (AvgIpc) is 2.94. The molecule has 1 N–H and O–H groups in total. The zero-order valence-electron chi connectivity index (χ0n) is 9.96. The summed E-state index contributed by atoms with van der Waals surface area (Å²) in [5, 5.41) is 7.58. The SMILES string of the molecule is Cn1cnc(CN2CCC(NC3CC3)C2=O)n1. The van der Waals surface area contributed by atoms with Gasteiger partial charge in [0.1, 0.15) is 6.33 Å². The summed E-state index contributed by atoms with van der Waals surface area (Å²) in [7, 11) is 1.83. The molecule has 3 rings (SSSR count). The van der Waals surface area contributed by atoms with Crippen molar-refractivity contribution < 1.29 is 4.79 Å². The molecule has 1 aliphatic carbocycles. The summed E-state index contributed by atoms with van der Waals surface area (Å²) >= 11 is 0. The molecule has 2 aliphatic rings. The van der Waals surface area contributed by atoms with Gasteiger partial charge in [-0.25, -0.2) is 4.98 Å². The second-order valence-corrected chi connectivity index (χ2v) is 4.88. The Kier molecular flexibility index (Phi) is 2.58. The van der Waals surface area contributed by atoms with Gasteiger partial charge in [-0.15, -0.1) is 0 Å². The molecule has 1 unspecified atom stereocenters. The number of amides is 1. The number of carbonyl (C=O) groups is 1. The lowest BCUT2D eigenvalue weighted by molar-refractivity contribution is -0.130. The van der Waals surface area contributed by atoms with E-state index in [2.05, 4.69) is 15.4 Å². The molecular weight excluding hydrogens is 218 g/mol. The van der Waals surface area contributed by atoms with E-state index in [1.165, 1.54) is 12.8 Å². The van der Waals surface area contributed by atoms with Crippen LogP contribution in [-0.4, -0.2) is 44.2 Å². The number of hydrogen-bond acceptors (Lipinski definition) is 4. The molecular formula is C11H17N5O. The van der Waals surface area contributed by atoms with E-state index in [0.717, 1.165) is 13.0 Å². The molecule has 1 aromatic heterocycles. The van der Waals surface area contributed by atoms with Crippen LogP contribution in [0.2, 0.25) is 0 Å². The fraction of sp³-hybridized carbons (Fsp3) is 0.727. The molecule has 1 saturated heterocycles. The predicted octanol–water partition coefficient (Wildman–Crippen LogP) is -0.332. The van der Waals surface area contributed by atoms with E-state index in [4.69, 9.17) is 0 Å². The average molecular weight is 235 g/mol. The first-order valence-electron chi connectivity index (χ1n) is 6.12. The number of rotatable bonds is 4. The Hall–Kier alpha value is -1.43. The van der Waals surface area contributed by atoms with Crippen LogP contribution in [0.15, 0.2) is 6.33 Å². The molecule has 0 aromatic carbocycles. The van der Waals surface area contributed by atoms with Gasteiger partial charge in [0.25, 0.3) is 0 Å². The van der Waals surface area contributed by atoms with E-state index in [9.17, 15) is 4.79 Å². The second kappa shape index (κ2) is 4.10. The van der Waals surface area contributed by atoms with E-state index in [0.29, 0.717) is 18.4 Å². The second-order valence-electron chi connectivity index (χ2n) is 4.88. The van der Waals surface area contributed by atoms with Crippen LogP contribution >= 0.6 is 0 Å². The lowest BCUT2D eigenvalue weighted by Gasteiger charge is -2.15. The monoisotopic (exact) mass is 235 g/mol. The highest BCUT2D eigenvalue weighted by molar-refractivity contribution is 5.83. The third kappa shape index (κ3) is 2.31. The molecule has 1 amide bonds. The first-order chi connectivity index (χ1) is 8.22. The van der Waals surface area contributed by atoms with Crippen LogP contribution in [0.3, 0.4) is 0 Å². The quantitative estimate of drug-likeness (QED) is 0.776. The molecule has 0 radical (unpaired) electrons. The van der Waals surface area contributed by atoms with E-state index in [-0.39, 0.29) is 11.9 Å². The summed E-state index contributed by atoms with van der Waals surface area (Å²) in [4.78, 5) is 18.1. The Morgan fingerprint density at radius 2 is 2.29 bits per heavy atom. The van der Waals surface area contributed by atoms with Crippen molar-refractivity contribution in [2.24, 2.45) is 7.05 Å². The first kappa shape index (κ1) is 10.7. The van der Waals surface area contributed by atoms with Crippen LogP contribution < -0.4 is 5.32 Å². The van der Waals surface area contributed by atoms with Crippen molar-refractivity contribution in [2.45, 2.75) is 37.9 Å². The number of nitrogens with zero attached hydrogens (tertiary/aromatic N) is 4. The summed E-state index contributed by atoms with van der Waals surface area (Å²) in [6, 6.07) is 0.600. The van der Waals surface area contributed by atoms with Crippen molar-refractivity contribution in [3.05, 3.63) is 12.2 Å². The number of likely N-dealkylation sites (tertiary alicyclic amines) is 1. The third-order valence-corrected chi connectivity index (χ3v) is 3.29. The van der Waals surface area contributed by atoms with Crippen molar-refractivity contribution in [1.29, 1.82) is 0 Å². The standard InChI is InChI=1S/C11H17N5O/c1-15-7-12-10(14-15)6-16-5-4-9(11(16)17)13-8-2-3-8/h7-9,13H,2-6H2,1H3. The summed E-state index contributed by atoms with van der Waals surface area (Å²) in [5.74, 6) is 0.914. The van der Waals surface area contributed by atoms with Crippen molar-refractivity contribution in [1.82, 2.24) is 25.0 Å². The smallest absolute Gasteiger partial charge is 0.240 e. The summed E-state index contributed by atoms with van der Waals surface area (Å²) in [6.07, 6.45) is 5.00. The van der Waals surface area contributed by atoms with Crippen molar-refractivity contribution in [3.63, 3.8) is 0 Å². The van der Waals surface area contributed by atoms with Crippen LogP contribution in [0.25, 0.3) is 0 Å². The Bertz CT molecular complexity index is 425. The van der Waals surface area contributed by atoms with Crippen LogP contribution in [0, 0.1) is 0 Å². The molecule has 0 spiro atoms. The maximum absolute atomic E-state index is 12.1. The number of carbonyl (C=O) groups excluding carboxylic acids is 1. The molecule has 1 atom stereocenters. The van der Waals surface area contributed by atoms with Crippen LogP contribution in [0.5, 0.6) is 0 Å². The minimum Gasteiger partial charge on any atom is -0.334 e. The molecule has 2 heterocycles.